The second kappa shape index (κ2) is 3.29. The third kappa shape index (κ3) is 1.33. The number of Topliss-reactive ketones (excluding diaryl/α,β-unsaturated/α-hetero) is 1. The Morgan fingerprint density at radius 1 is 1.43 bits per heavy atom. The Balaban J connectivity index is 2.63. The molecule has 0 bridgehead atoms. The maximum Gasteiger partial charge on any atom is 0.160 e. The van der Waals surface area contributed by atoms with Crippen molar-refractivity contribution in [3.05, 3.63) is 35.4 Å². The summed E-state index contributed by atoms with van der Waals surface area (Å²) in [6.07, 6.45) is 4.11. The molecule has 1 aliphatic heterocycles. The van der Waals surface area contributed by atoms with Gasteiger partial charge in [-0.15, -0.1) is 0 Å². The van der Waals surface area contributed by atoms with E-state index in [1.807, 2.05) is 31.3 Å². The van der Waals surface area contributed by atoms with Gasteiger partial charge in [-0.1, -0.05) is 24.3 Å². The summed E-state index contributed by atoms with van der Waals surface area (Å²) in [4.78, 5) is 13.5. The highest BCUT2D eigenvalue weighted by molar-refractivity contribution is 6.00. The minimum atomic E-state index is 0.127. The first-order valence-corrected chi connectivity index (χ1v) is 4.72. The van der Waals surface area contributed by atoms with Crippen LogP contribution >= 0.6 is 0 Å². The first kappa shape index (κ1) is 9.00. The maximum atomic E-state index is 11.4. The first-order chi connectivity index (χ1) is 6.70. The molecule has 1 aromatic rings. The average Bonchev–Trinajstić information content (AvgIpc) is 2.17. The molecule has 0 saturated carbocycles. The highest BCUT2D eigenvalue weighted by Gasteiger charge is 2.14. The van der Waals surface area contributed by atoms with Crippen molar-refractivity contribution in [1.29, 1.82) is 0 Å². The topological polar surface area (TPSA) is 20.3 Å². The Labute approximate surface area is 83.8 Å². The van der Waals surface area contributed by atoms with Crippen LogP contribution < -0.4 is 4.90 Å². The summed E-state index contributed by atoms with van der Waals surface area (Å²) in [5, 5.41) is 0. The van der Waals surface area contributed by atoms with Gasteiger partial charge in [-0.3, -0.25) is 4.79 Å². The fraction of sp³-hybridized carbons (Fsp3) is 0.250. The van der Waals surface area contributed by atoms with Gasteiger partial charge >= 0.3 is 0 Å². The molecule has 0 amide bonds. The molecule has 14 heavy (non-hydrogen) atoms. The first-order valence-electron chi connectivity index (χ1n) is 4.72. The van der Waals surface area contributed by atoms with Gasteiger partial charge in [-0.25, -0.2) is 0 Å². The van der Waals surface area contributed by atoms with Crippen LogP contribution in [0.2, 0.25) is 0 Å². The van der Waals surface area contributed by atoms with Gasteiger partial charge in [0.15, 0.2) is 5.78 Å². The highest BCUT2D eigenvalue weighted by Crippen LogP contribution is 2.27. The molecule has 2 nitrogen and oxygen atoms in total. The van der Waals surface area contributed by atoms with Crippen LogP contribution in [0.25, 0.3) is 6.08 Å². The van der Waals surface area contributed by atoms with E-state index in [2.05, 4.69) is 11.0 Å². The summed E-state index contributed by atoms with van der Waals surface area (Å²) in [6, 6.07) is 5.86. The number of hydrogen-bond donors (Lipinski definition) is 0. The number of fused-ring (bicyclic) bond motifs is 1. The lowest BCUT2D eigenvalue weighted by Gasteiger charge is -2.24. The van der Waals surface area contributed by atoms with Crippen LogP contribution in [0, 0.1) is 0 Å². The highest BCUT2D eigenvalue weighted by atomic mass is 16.1. The molecule has 0 radical (unpaired) electrons. The third-order valence-electron chi connectivity index (χ3n) is 2.54. The number of carbonyl (C=O) groups is 1. The van der Waals surface area contributed by atoms with Crippen LogP contribution in [0.1, 0.15) is 22.8 Å². The monoisotopic (exact) mass is 187 g/mol. The molecule has 0 N–H and O–H groups in total. The van der Waals surface area contributed by atoms with Crippen LogP contribution in [-0.4, -0.2) is 19.4 Å². The molecule has 0 unspecified atom stereocenters. The molecule has 0 spiro atoms. The van der Waals surface area contributed by atoms with Crippen LogP contribution in [0.3, 0.4) is 0 Å². The summed E-state index contributed by atoms with van der Waals surface area (Å²) in [5.41, 5.74) is 3.00. The van der Waals surface area contributed by atoms with E-state index in [1.165, 1.54) is 0 Å². The van der Waals surface area contributed by atoms with E-state index in [9.17, 15) is 4.79 Å². The minimum Gasteiger partial charge on any atom is -0.370 e. The second-order valence-corrected chi connectivity index (χ2v) is 3.58. The lowest BCUT2D eigenvalue weighted by molar-refractivity contribution is 0.101. The van der Waals surface area contributed by atoms with Crippen molar-refractivity contribution in [3.63, 3.8) is 0 Å². The zero-order valence-electron chi connectivity index (χ0n) is 8.45. The number of nitrogens with zero attached hydrogens (tertiary/aromatic N) is 1. The molecule has 2 rings (SSSR count). The normalized spacial score (nSPS) is 14.0. The molecular formula is C12H13NO. The van der Waals surface area contributed by atoms with Crippen molar-refractivity contribution in [2.24, 2.45) is 0 Å². The van der Waals surface area contributed by atoms with Crippen molar-refractivity contribution in [2.75, 3.05) is 18.5 Å². The van der Waals surface area contributed by atoms with Gasteiger partial charge in [0.1, 0.15) is 0 Å². The Morgan fingerprint density at radius 2 is 2.21 bits per heavy atom. The van der Waals surface area contributed by atoms with E-state index in [0.29, 0.717) is 0 Å². The number of hydrogen-bond acceptors (Lipinski definition) is 2. The van der Waals surface area contributed by atoms with E-state index in [1.54, 1.807) is 6.92 Å². The zero-order valence-corrected chi connectivity index (χ0v) is 8.45. The largest absolute Gasteiger partial charge is 0.370 e. The molecule has 72 valence electrons. The van der Waals surface area contributed by atoms with Crippen molar-refractivity contribution in [3.8, 4) is 0 Å². The van der Waals surface area contributed by atoms with E-state index >= 15 is 0 Å². The number of carbonyl (C=O) groups excluding carboxylic acids is 1. The smallest absolute Gasteiger partial charge is 0.160 e. The molecule has 2 heteroatoms. The zero-order chi connectivity index (χ0) is 10.1. The average molecular weight is 187 g/mol. The maximum absolute atomic E-state index is 11.4. The molecule has 1 heterocycles. The van der Waals surface area contributed by atoms with Crippen LogP contribution in [0.4, 0.5) is 5.69 Å². The lowest BCUT2D eigenvalue weighted by atomic mass is 9.99. The number of likely N-dealkylation sites (N-methyl/N-ethyl adjacent to an activating group) is 1. The van der Waals surface area contributed by atoms with E-state index < -0.39 is 0 Å². The van der Waals surface area contributed by atoms with Gasteiger partial charge in [-0.2, -0.15) is 0 Å². The molecule has 0 aliphatic carbocycles. The number of ketones is 1. The number of rotatable bonds is 1. The summed E-state index contributed by atoms with van der Waals surface area (Å²) in [5.74, 6) is 0.127. The van der Waals surface area contributed by atoms with Gasteiger partial charge in [0.05, 0.1) is 0 Å². The van der Waals surface area contributed by atoms with Gasteiger partial charge in [0.2, 0.25) is 0 Å². The molecule has 0 fully saturated rings. The molecule has 1 aliphatic rings. The summed E-state index contributed by atoms with van der Waals surface area (Å²) < 4.78 is 0. The SMILES string of the molecule is CC(=O)c1cccc2c1C=CCN2C. The molecule has 0 saturated heterocycles. The summed E-state index contributed by atoms with van der Waals surface area (Å²) in [6.45, 7) is 2.52. The Kier molecular flexibility index (Phi) is 2.12. The van der Waals surface area contributed by atoms with E-state index in [0.717, 1.165) is 23.4 Å². The molecule has 0 atom stereocenters. The number of anilines is 1. The minimum absolute atomic E-state index is 0.127. The fourth-order valence-electron chi connectivity index (χ4n) is 1.80. The van der Waals surface area contributed by atoms with Crippen LogP contribution in [-0.2, 0) is 0 Å². The second-order valence-electron chi connectivity index (χ2n) is 3.58. The van der Waals surface area contributed by atoms with Crippen molar-refractivity contribution in [1.82, 2.24) is 0 Å². The predicted octanol–water partition coefficient (Wildman–Crippen LogP) is 2.35. The Hall–Kier alpha value is -1.57. The van der Waals surface area contributed by atoms with Crippen LogP contribution in [0.15, 0.2) is 24.3 Å². The Bertz CT molecular complexity index is 407. The molecular weight excluding hydrogens is 174 g/mol. The number of benzene rings is 1. The third-order valence-corrected chi connectivity index (χ3v) is 2.54. The van der Waals surface area contributed by atoms with Gasteiger partial charge in [0.25, 0.3) is 0 Å². The van der Waals surface area contributed by atoms with Crippen molar-refractivity contribution >= 4 is 17.5 Å². The molecule has 0 aromatic heterocycles. The summed E-state index contributed by atoms with van der Waals surface area (Å²) in [7, 11) is 2.03. The van der Waals surface area contributed by atoms with Gasteiger partial charge < -0.3 is 4.90 Å². The quantitative estimate of drug-likeness (QED) is 0.629. The summed E-state index contributed by atoms with van der Waals surface area (Å²) >= 11 is 0. The predicted molar refractivity (Wildman–Crippen MR) is 58.8 cm³/mol. The standard InChI is InChI=1S/C12H13NO/c1-9(14)10-5-3-7-12-11(10)6-4-8-13(12)2/h3-7H,8H2,1-2H3. The molecule has 1 aromatic carbocycles. The van der Waals surface area contributed by atoms with Gasteiger partial charge in [-0.05, 0) is 13.0 Å². The van der Waals surface area contributed by atoms with Crippen molar-refractivity contribution in [2.45, 2.75) is 6.92 Å². The Morgan fingerprint density at radius 3 is 2.93 bits per heavy atom. The van der Waals surface area contributed by atoms with Crippen LogP contribution in [0.5, 0.6) is 0 Å². The van der Waals surface area contributed by atoms with Crippen molar-refractivity contribution < 1.29 is 4.79 Å². The van der Waals surface area contributed by atoms with E-state index in [-0.39, 0.29) is 5.78 Å². The van der Waals surface area contributed by atoms with E-state index in [4.69, 9.17) is 0 Å². The van der Waals surface area contributed by atoms with Gasteiger partial charge in [0, 0.05) is 30.4 Å². The fourth-order valence-corrected chi connectivity index (χ4v) is 1.80. The lowest BCUT2D eigenvalue weighted by Crippen LogP contribution is -2.21.